The molecular formula is C22H11Cl2FO4. The maximum absolute atomic E-state index is 13.7. The summed E-state index contributed by atoms with van der Waals surface area (Å²) in [5, 5.41) is 0.845. The zero-order valence-electron chi connectivity index (χ0n) is 14.6. The van der Waals surface area contributed by atoms with Crippen molar-refractivity contribution >= 4 is 41.0 Å². The van der Waals surface area contributed by atoms with E-state index in [9.17, 15) is 14.0 Å². The van der Waals surface area contributed by atoms with Gasteiger partial charge in [-0.3, -0.25) is 4.79 Å². The molecule has 7 heteroatoms. The minimum Gasteiger partial charge on any atom is -0.452 e. The summed E-state index contributed by atoms with van der Waals surface area (Å²) in [7, 11) is 0. The van der Waals surface area contributed by atoms with Crippen LogP contribution in [0.3, 0.4) is 0 Å². The number of benzene rings is 3. The highest BCUT2D eigenvalue weighted by Crippen LogP contribution is 2.36. The summed E-state index contributed by atoms with van der Waals surface area (Å²) in [5.41, 5.74) is 0.688. The number of fused-ring (bicyclic) bond motifs is 1. The number of esters is 1. The van der Waals surface area contributed by atoms with Crippen molar-refractivity contribution in [1.82, 2.24) is 0 Å². The molecule has 0 unspecified atom stereocenters. The maximum atomic E-state index is 13.7. The van der Waals surface area contributed by atoms with Crippen LogP contribution in [-0.4, -0.2) is 11.8 Å². The predicted molar refractivity (Wildman–Crippen MR) is 107 cm³/mol. The first-order valence-electron chi connectivity index (χ1n) is 8.42. The summed E-state index contributed by atoms with van der Waals surface area (Å²) in [4.78, 5) is 24.7. The normalized spacial score (nSPS) is 13.9. The lowest BCUT2D eigenvalue weighted by molar-refractivity contribution is 0.0729. The third-order valence-electron chi connectivity index (χ3n) is 4.19. The van der Waals surface area contributed by atoms with E-state index in [1.54, 1.807) is 18.2 Å². The number of allylic oxidation sites excluding steroid dienone is 1. The second-order valence-corrected chi connectivity index (χ2v) is 6.98. The fourth-order valence-corrected chi connectivity index (χ4v) is 3.24. The number of ketones is 1. The molecule has 1 aliphatic heterocycles. The van der Waals surface area contributed by atoms with Gasteiger partial charge < -0.3 is 9.47 Å². The SMILES string of the molecule is O=C(Oc1ccc2c(c1)OC(=Cc1ccc(Cl)cc1Cl)C2=O)c1ccccc1F. The smallest absolute Gasteiger partial charge is 0.346 e. The molecule has 4 rings (SSSR count). The number of Topliss-reactive ketones (excluding diaryl/α,β-unsaturated/α-hetero) is 1. The van der Waals surface area contributed by atoms with Gasteiger partial charge in [0.15, 0.2) is 5.76 Å². The van der Waals surface area contributed by atoms with Crippen LogP contribution in [-0.2, 0) is 0 Å². The zero-order chi connectivity index (χ0) is 20.5. The highest BCUT2D eigenvalue weighted by Gasteiger charge is 2.28. The van der Waals surface area contributed by atoms with Crippen molar-refractivity contribution in [3.05, 3.63) is 99.0 Å². The van der Waals surface area contributed by atoms with E-state index in [0.717, 1.165) is 0 Å². The van der Waals surface area contributed by atoms with Crippen molar-refractivity contribution in [2.75, 3.05) is 0 Å². The highest BCUT2D eigenvalue weighted by molar-refractivity contribution is 6.35. The third-order valence-corrected chi connectivity index (χ3v) is 4.76. The van der Waals surface area contributed by atoms with E-state index in [1.807, 2.05) is 0 Å². The van der Waals surface area contributed by atoms with E-state index < -0.39 is 11.8 Å². The van der Waals surface area contributed by atoms with E-state index >= 15 is 0 Å². The number of carbonyl (C=O) groups excluding carboxylic acids is 2. The van der Waals surface area contributed by atoms with Crippen molar-refractivity contribution in [2.24, 2.45) is 0 Å². The molecule has 0 aromatic heterocycles. The Balaban J connectivity index is 1.58. The standard InChI is InChI=1S/C22H11Cl2FO4/c23-13-6-5-12(17(24)10-13)9-20-21(26)16-8-7-14(11-19(16)29-20)28-22(27)15-3-1-2-4-18(15)25/h1-11H. The first kappa shape index (κ1) is 19.2. The van der Waals surface area contributed by atoms with Crippen LogP contribution < -0.4 is 9.47 Å². The van der Waals surface area contributed by atoms with Crippen molar-refractivity contribution in [3.8, 4) is 11.5 Å². The molecule has 1 aliphatic rings. The predicted octanol–water partition coefficient (Wildman–Crippen LogP) is 5.97. The monoisotopic (exact) mass is 428 g/mol. The molecule has 0 amide bonds. The molecule has 0 fully saturated rings. The summed E-state index contributed by atoms with van der Waals surface area (Å²) < 4.78 is 24.5. The lowest BCUT2D eigenvalue weighted by Gasteiger charge is -2.06. The molecule has 0 aliphatic carbocycles. The minimum atomic E-state index is -0.851. The molecule has 0 N–H and O–H groups in total. The van der Waals surface area contributed by atoms with Crippen LogP contribution in [0.15, 0.2) is 66.4 Å². The lowest BCUT2D eigenvalue weighted by Crippen LogP contribution is -2.10. The summed E-state index contributed by atoms with van der Waals surface area (Å²) in [6.45, 7) is 0. The molecule has 0 spiro atoms. The Hall–Kier alpha value is -3.15. The van der Waals surface area contributed by atoms with E-state index in [0.29, 0.717) is 21.2 Å². The summed E-state index contributed by atoms with van der Waals surface area (Å²) >= 11 is 12.0. The van der Waals surface area contributed by atoms with Gasteiger partial charge in [-0.15, -0.1) is 0 Å². The van der Waals surface area contributed by atoms with Crippen LogP contribution in [0.1, 0.15) is 26.3 Å². The molecule has 3 aromatic carbocycles. The minimum absolute atomic E-state index is 0.0711. The van der Waals surface area contributed by atoms with Gasteiger partial charge in [0.1, 0.15) is 17.3 Å². The van der Waals surface area contributed by atoms with Gasteiger partial charge in [0, 0.05) is 16.1 Å². The number of hydrogen-bond donors (Lipinski definition) is 0. The van der Waals surface area contributed by atoms with Gasteiger partial charge in [0.2, 0.25) is 5.78 Å². The topological polar surface area (TPSA) is 52.6 Å². The second kappa shape index (κ2) is 7.70. The van der Waals surface area contributed by atoms with Gasteiger partial charge in [-0.1, -0.05) is 41.4 Å². The fraction of sp³-hybridized carbons (Fsp3) is 0. The summed E-state index contributed by atoms with van der Waals surface area (Å²) in [6.07, 6.45) is 1.51. The number of halogens is 3. The second-order valence-electron chi connectivity index (χ2n) is 6.13. The van der Waals surface area contributed by atoms with E-state index in [1.165, 1.54) is 48.5 Å². The van der Waals surface area contributed by atoms with E-state index in [4.69, 9.17) is 32.7 Å². The van der Waals surface area contributed by atoms with Gasteiger partial charge in [0.25, 0.3) is 0 Å². The number of carbonyl (C=O) groups is 2. The van der Waals surface area contributed by atoms with Crippen LogP contribution >= 0.6 is 23.2 Å². The molecule has 1 heterocycles. The molecule has 0 radical (unpaired) electrons. The van der Waals surface area contributed by atoms with Gasteiger partial charge in [-0.25, -0.2) is 9.18 Å². The molecule has 144 valence electrons. The quantitative estimate of drug-likeness (QED) is 0.293. The van der Waals surface area contributed by atoms with Crippen LogP contribution in [0.5, 0.6) is 11.5 Å². The van der Waals surface area contributed by atoms with Crippen LogP contribution in [0.2, 0.25) is 10.0 Å². The first-order chi connectivity index (χ1) is 13.9. The summed E-state index contributed by atoms with van der Waals surface area (Å²) in [6, 6.07) is 14.7. The molecule has 0 bridgehead atoms. The molecule has 29 heavy (non-hydrogen) atoms. The fourth-order valence-electron chi connectivity index (χ4n) is 2.78. The number of ether oxygens (including phenoxy) is 2. The maximum Gasteiger partial charge on any atom is 0.346 e. The Morgan fingerprint density at radius 1 is 1.03 bits per heavy atom. The average molecular weight is 429 g/mol. The Morgan fingerprint density at radius 3 is 2.59 bits per heavy atom. The zero-order valence-corrected chi connectivity index (χ0v) is 16.1. The van der Waals surface area contributed by atoms with Gasteiger partial charge in [-0.2, -0.15) is 0 Å². The van der Waals surface area contributed by atoms with Crippen LogP contribution in [0.25, 0.3) is 6.08 Å². The van der Waals surface area contributed by atoms with Crippen molar-refractivity contribution in [3.63, 3.8) is 0 Å². The molecule has 0 atom stereocenters. The van der Waals surface area contributed by atoms with E-state index in [-0.39, 0.29) is 28.6 Å². The Bertz CT molecular complexity index is 1190. The molecule has 0 saturated carbocycles. The van der Waals surface area contributed by atoms with Crippen molar-refractivity contribution < 1.29 is 23.5 Å². The number of hydrogen-bond acceptors (Lipinski definition) is 4. The Kier molecular flexibility index (Phi) is 5.09. The third kappa shape index (κ3) is 3.88. The molecule has 3 aromatic rings. The lowest BCUT2D eigenvalue weighted by atomic mass is 10.1. The van der Waals surface area contributed by atoms with Crippen molar-refractivity contribution in [1.29, 1.82) is 0 Å². The van der Waals surface area contributed by atoms with Gasteiger partial charge in [-0.05, 0) is 48.0 Å². The first-order valence-corrected chi connectivity index (χ1v) is 9.18. The van der Waals surface area contributed by atoms with Crippen LogP contribution in [0, 0.1) is 5.82 Å². The average Bonchev–Trinajstić information content (AvgIpc) is 2.99. The largest absolute Gasteiger partial charge is 0.452 e. The summed E-state index contributed by atoms with van der Waals surface area (Å²) in [5.74, 6) is -1.45. The highest BCUT2D eigenvalue weighted by atomic mass is 35.5. The van der Waals surface area contributed by atoms with E-state index in [2.05, 4.69) is 0 Å². The molecular weight excluding hydrogens is 418 g/mol. The Morgan fingerprint density at radius 2 is 1.83 bits per heavy atom. The number of rotatable bonds is 3. The van der Waals surface area contributed by atoms with Crippen LogP contribution in [0.4, 0.5) is 4.39 Å². The molecule has 4 nitrogen and oxygen atoms in total. The van der Waals surface area contributed by atoms with Crippen molar-refractivity contribution in [2.45, 2.75) is 0 Å². The van der Waals surface area contributed by atoms with Gasteiger partial charge in [0.05, 0.1) is 11.1 Å². The molecule has 0 saturated heterocycles. The van der Waals surface area contributed by atoms with Gasteiger partial charge >= 0.3 is 5.97 Å². The Labute approximate surface area is 175 Å².